The molecule has 126 valence electrons. The molecule has 0 radical (unpaired) electrons. The summed E-state index contributed by atoms with van der Waals surface area (Å²) < 4.78 is 0. The highest BCUT2D eigenvalue weighted by molar-refractivity contribution is 5.89. The van der Waals surface area contributed by atoms with Crippen molar-refractivity contribution in [2.45, 2.75) is 46.1 Å². The lowest BCUT2D eigenvalue weighted by Crippen LogP contribution is -2.47. The minimum absolute atomic E-state index is 0.112. The standard InChI is InChI=1S/C17H26N4O2/c1-12(2)10-16(22)21-8-5-14(6-9-21)19-17(23)20-15-4-7-18-13(3)11-15/h4,7,11-12,14H,5-6,8-10H2,1-3H3,(H2,18,19,20,23). The number of aryl methyl sites for hydroxylation is 1. The Morgan fingerprint density at radius 2 is 2.04 bits per heavy atom. The summed E-state index contributed by atoms with van der Waals surface area (Å²) >= 11 is 0. The van der Waals surface area contributed by atoms with Gasteiger partial charge in [-0.2, -0.15) is 0 Å². The first-order valence-electron chi connectivity index (χ1n) is 8.22. The predicted molar refractivity (Wildman–Crippen MR) is 90.2 cm³/mol. The summed E-state index contributed by atoms with van der Waals surface area (Å²) in [6.45, 7) is 7.41. The molecule has 0 aliphatic carbocycles. The lowest BCUT2D eigenvalue weighted by atomic mass is 10.0. The molecule has 1 saturated heterocycles. The van der Waals surface area contributed by atoms with Gasteiger partial charge < -0.3 is 15.5 Å². The van der Waals surface area contributed by atoms with Crippen LogP contribution in [-0.4, -0.2) is 41.0 Å². The summed E-state index contributed by atoms with van der Waals surface area (Å²) in [5, 5.41) is 5.80. The Morgan fingerprint density at radius 3 is 2.65 bits per heavy atom. The van der Waals surface area contributed by atoms with Gasteiger partial charge in [-0.05, 0) is 37.8 Å². The number of rotatable bonds is 4. The van der Waals surface area contributed by atoms with Crippen molar-refractivity contribution >= 4 is 17.6 Å². The molecule has 0 atom stereocenters. The first kappa shape index (κ1) is 17.2. The zero-order valence-electron chi connectivity index (χ0n) is 14.1. The summed E-state index contributed by atoms with van der Waals surface area (Å²) in [6, 6.07) is 3.50. The Labute approximate surface area is 137 Å². The maximum Gasteiger partial charge on any atom is 0.319 e. The zero-order chi connectivity index (χ0) is 16.8. The van der Waals surface area contributed by atoms with Crippen molar-refractivity contribution in [2.75, 3.05) is 18.4 Å². The topological polar surface area (TPSA) is 74.3 Å². The molecule has 2 heterocycles. The van der Waals surface area contributed by atoms with E-state index in [0.717, 1.165) is 24.2 Å². The summed E-state index contributed by atoms with van der Waals surface area (Å²) in [7, 11) is 0. The molecule has 0 saturated carbocycles. The van der Waals surface area contributed by atoms with Crippen molar-refractivity contribution in [3.63, 3.8) is 0 Å². The van der Waals surface area contributed by atoms with E-state index < -0.39 is 0 Å². The fraction of sp³-hybridized carbons (Fsp3) is 0.588. The third kappa shape index (κ3) is 5.54. The highest BCUT2D eigenvalue weighted by atomic mass is 16.2. The van der Waals surface area contributed by atoms with Gasteiger partial charge in [-0.25, -0.2) is 4.79 Å². The van der Waals surface area contributed by atoms with Gasteiger partial charge in [-0.3, -0.25) is 9.78 Å². The van der Waals surface area contributed by atoms with Crippen LogP contribution in [0.4, 0.5) is 10.5 Å². The van der Waals surface area contributed by atoms with E-state index in [2.05, 4.69) is 29.5 Å². The van der Waals surface area contributed by atoms with Gasteiger partial charge in [0.15, 0.2) is 0 Å². The van der Waals surface area contributed by atoms with Crippen molar-refractivity contribution in [3.05, 3.63) is 24.0 Å². The first-order chi connectivity index (χ1) is 10.9. The first-order valence-corrected chi connectivity index (χ1v) is 8.22. The lowest BCUT2D eigenvalue weighted by Gasteiger charge is -2.32. The van der Waals surface area contributed by atoms with Crippen molar-refractivity contribution in [1.29, 1.82) is 0 Å². The largest absolute Gasteiger partial charge is 0.343 e. The normalized spacial score (nSPS) is 15.6. The molecule has 0 unspecified atom stereocenters. The van der Waals surface area contributed by atoms with Gasteiger partial charge in [-0.15, -0.1) is 0 Å². The third-order valence-electron chi connectivity index (χ3n) is 3.92. The quantitative estimate of drug-likeness (QED) is 0.896. The molecule has 0 aromatic carbocycles. The second-order valence-corrected chi connectivity index (χ2v) is 6.54. The Kier molecular flexibility index (Phi) is 5.96. The van der Waals surface area contributed by atoms with Crippen LogP contribution < -0.4 is 10.6 Å². The van der Waals surface area contributed by atoms with Gasteiger partial charge in [0.1, 0.15) is 0 Å². The molecule has 6 heteroatoms. The van der Waals surface area contributed by atoms with Crippen LogP contribution in [0.3, 0.4) is 0 Å². The van der Waals surface area contributed by atoms with Gasteiger partial charge in [0.2, 0.25) is 5.91 Å². The molecule has 2 rings (SSSR count). The van der Waals surface area contributed by atoms with E-state index in [1.165, 1.54) is 0 Å². The maximum absolute atomic E-state index is 12.0. The van der Waals surface area contributed by atoms with Crippen molar-refractivity contribution < 1.29 is 9.59 Å². The Hall–Kier alpha value is -2.11. The summed E-state index contributed by atoms with van der Waals surface area (Å²) in [5.41, 5.74) is 1.60. The smallest absolute Gasteiger partial charge is 0.319 e. The third-order valence-corrected chi connectivity index (χ3v) is 3.92. The Balaban J connectivity index is 1.75. The van der Waals surface area contributed by atoms with Gasteiger partial charge >= 0.3 is 6.03 Å². The number of anilines is 1. The average molecular weight is 318 g/mol. The fourth-order valence-corrected chi connectivity index (χ4v) is 2.73. The van der Waals surface area contributed by atoms with Crippen LogP contribution in [0.25, 0.3) is 0 Å². The number of carbonyl (C=O) groups is 2. The Bertz CT molecular complexity index is 551. The van der Waals surface area contributed by atoms with Crippen LogP contribution in [0.5, 0.6) is 0 Å². The molecule has 6 nitrogen and oxygen atoms in total. The summed E-state index contributed by atoms with van der Waals surface area (Å²) in [4.78, 5) is 30.1. The number of likely N-dealkylation sites (tertiary alicyclic amines) is 1. The molecular weight excluding hydrogens is 292 g/mol. The highest BCUT2D eigenvalue weighted by Crippen LogP contribution is 2.14. The lowest BCUT2D eigenvalue weighted by molar-refractivity contribution is -0.133. The van der Waals surface area contributed by atoms with Crippen LogP contribution in [0, 0.1) is 12.8 Å². The molecule has 1 aliphatic heterocycles. The number of piperidine rings is 1. The van der Waals surface area contributed by atoms with E-state index in [-0.39, 0.29) is 18.0 Å². The summed E-state index contributed by atoms with van der Waals surface area (Å²) in [6.07, 6.45) is 3.86. The van der Waals surface area contributed by atoms with Crippen LogP contribution >= 0.6 is 0 Å². The molecule has 0 bridgehead atoms. The molecule has 2 N–H and O–H groups in total. The van der Waals surface area contributed by atoms with E-state index >= 15 is 0 Å². The van der Waals surface area contributed by atoms with Crippen molar-refractivity contribution in [3.8, 4) is 0 Å². The number of hydrogen-bond acceptors (Lipinski definition) is 3. The number of nitrogens with zero attached hydrogens (tertiary/aromatic N) is 2. The molecule has 1 aromatic heterocycles. The number of amides is 3. The van der Waals surface area contributed by atoms with Gasteiger partial charge in [-0.1, -0.05) is 13.8 Å². The number of carbonyl (C=O) groups excluding carboxylic acids is 2. The molecule has 1 aliphatic rings. The number of urea groups is 1. The minimum atomic E-state index is -0.206. The second kappa shape index (κ2) is 7.94. The van der Waals surface area contributed by atoms with E-state index in [1.807, 2.05) is 17.9 Å². The molecule has 3 amide bonds. The fourth-order valence-electron chi connectivity index (χ4n) is 2.73. The van der Waals surface area contributed by atoms with Gasteiger partial charge in [0.05, 0.1) is 0 Å². The molecule has 1 fully saturated rings. The number of pyridine rings is 1. The van der Waals surface area contributed by atoms with E-state index in [0.29, 0.717) is 25.4 Å². The van der Waals surface area contributed by atoms with Gasteiger partial charge in [0.25, 0.3) is 0 Å². The van der Waals surface area contributed by atoms with Gasteiger partial charge in [0, 0.05) is 43.1 Å². The molecular formula is C17H26N4O2. The molecule has 23 heavy (non-hydrogen) atoms. The average Bonchev–Trinajstić information content (AvgIpc) is 2.47. The van der Waals surface area contributed by atoms with Crippen LogP contribution in [0.2, 0.25) is 0 Å². The SMILES string of the molecule is Cc1cc(NC(=O)NC2CCN(C(=O)CC(C)C)CC2)ccn1. The number of nitrogens with one attached hydrogen (secondary N) is 2. The summed E-state index contributed by atoms with van der Waals surface area (Å²) in [5.74, 6) is 0.600. The second-order valence-electron chi connectivity index (χ2n) is 6.54. The number of hydrogen-bond donors (Lipinski definition) is 2. The monoisotopic (exact) mass is 318 g/mol. The molecule has 1 aromatic rings. The van der Waals surface area contributed by atoms with E-state index in [9.17, 15) is 9.59 Å². The van der Waals surface area contributed by atoms with E-state index in [4.69, 9.17) is 0 Å². The van der Waals surface area contributed by atoms with Crippen LogP contribution in [0.15, 0.2) is 18.3 Å². The Morgan fingerprint density at radius 1 is 1.35 bits per heavy atom. The predicted octanol–water partition coefficient (Wildman–Crippen LogP) is 2.55. The maximum atomic E-state index is 12.0. The number of aromatic nitrogens is 1. The highest BCUT2D eigenvalue weighted by Gasteiger charge is 2.24. The van der Waals surface area contributed by atoms with Crippen LogP contribution in [-0.2, 0) is 4.79 Å². The zero-order valence-corrected chi connectivity index (χ0v) is 14.1. The van der Waals surface area contributed by atoms with Crippen LogP contribution in [0.1, 0.15) is 38.8 Å². The van der Waals surface area contributed by atoms with Crippen molar-refractivity contribution in [2.24, 2.45) is 5.92 Å². The van der Waals surface area contributed by atoms with Crippen molar-refractivity contribution in [1.82, 2.24) is 15.2 Å². The van der Waals surface area contributed by atoms with E-state index in [1.54, 1.807) is 12.3 Å². The minimum Gasteiger partial charge on any atom is -0.343 e. The molecule has 0 spiro atoms.